The third-order valence-electron chi connectivity index (χ3n) is 1.90. The number of hydrogen-bond donors (Lipinski definition) is 2. The first-order valence-corrected chi connectivity index (χ1v) is 6.71. The predicted molar refractivity (Wildman–Crippen MR) is 65.0 cm³/mol. The van der Waals surface area contributed by atoms with Crippen LogP contribution in [0.4, 0.5) is 0 Å². The van der Waals surface area contributed by atoms with Crippen LogP contribution in [0, 0.1) is 0 Å². The summed E-state index contributed by atoms with van der Waals surface area (Å²) in [5.74, 6) is -0.844. The highest BCUT2D eigenvalue weighted by atomic mass is 32.2. The second-order valence-corrected chi connectivity index (χ2v) is 5.03. The van der Waals surface area contributed by atoms with E-state index >= 15 is 0 Å². The minimum atomic E-state index is -3.67. The number of benzene rings is 1. The zero-order valence-corrected chi connectivity index (χ0v) is 10.3. The number of aliphatic carboxylic acids is 1. The van der Waals surface area contributed by atoms with Crippen LogP contribution in [0.3, 0.4) is 0 Å². The van der Waals surface area contributed by atoms with E-state index in [-0.39, 0.29) is 6.42 Å². The first-order valence-electron chi connectivity index (χ1n) is 4.86. The Labute approximate surface area is 104 Å². The Hall–Kier alpha value is -1.86. The summed E-state index contributed by atoms with van der Waals surface area (Å²) in [6.07, 6.45) is 2.29. The first-order chi connectivity index (χ1) is 8.27. The SMILES string of the molecule is CS(=O)(=O)O.O=C(O)Cc1cccc2ccoc12. The summed E-state index contributed by atoms with van der Waals surface area (Å²) in [5, 5.41) is 9.57. The van der Waals surface area contributed by atoms with Gasteiger partial charge in [-0.3, -0.25) is 9.35 Å². The van der Waals surface area contributed by atoms with E-state index in [4.69, 9.17) is 14.1 Å². The molecule has 0 aliphatic heterocycles. The van der Waals surface area contributed by atoms with E-state index in [1.54, 1.807) is 12.3 Å². The summed E-state index contributed by atoms with van der Waals surface area (Å²) in [6, 6.07) is 7.31. The fourth-order valence-electron chi connectivity index (χ4n) is 1.36. The molecule has 6 nitrogen and oxygen atoms in total. The molecule has 0 saturated carbocycles. The molecule has 7 heteroatoms. The molecule has 18 heavy (non-hydrogen) atoms. The van der Waals surface area contributed by atoms with Crippen LogP contribution in [0.15, 0.2) is 34.9 Å². The lowest BCUT2D eigenvalue weighted by molar-refractivity contribution is -0.136. The third kappa shape index (κ3) is 4.98. The molecule has 98 valence electrons. The Bertz CT molecular complexity index is 632. The van der Waals surface area contributed by atoms with E-state index in [1.165, 1.54) is 0 Å². The van der Waals surface area contributed by atoms with Gasteiger partial charge in [-0.25, -0.2) is 0 Å². The molecular formula is C11H12O6S. The van der Waals surface area contributed by atoms with Crippen LogP contribution >= 0.6 is 0 Å². The van der Waals surface area contributed by atoms with E-state index in [0.29, 0.717) is 11.8 Å². The van der Waals surface area contributed by atoms with Crippen LogP contribution in [0.1, 0.15) is 5.56 Å². The maximum absolute atomic E-state index is 10.5. The van der Waals surface area contributed by atoms with Crippen LogP contribution in [-0.4, -0.2) is 30.3 Å². The zero-order chi connectivity index (χ0) is 13.8. The Balaban J connectivity index is 0.000000280. The molecule has 0 bridgehead atoms. The van der Waals surface area contributed by atoms with Gasteiger partial charge in [0.1, 0.15) is 5.58 Å². The van der Waals surface area contributed by atoms with Crippen molar-refractivity contribution in [1.82, 2.24) is 0 Å². The second kappa shape index (κ2) is 5.65. The van der Waals surface area contributed by atoms with Crippen LogP contribution in [0.2, 0.25) is 0 Å². The topological polar surface area (TPSA) is 105 Å². The van der Waals surface area contributed by atoms with Crippen molar-refractivity contribution in [2.45, 2.75) is 6.42 Å². The number of furan rings is 1. The van der Waals surface area contributed by atoms with E-state index < -0.39 is 16.1 Å². The maximum Gasteiger partial charge on any atom is 0.307 e. The summed E-state index contributed by atoms with van der Waals surface area (Å²) in [5.41, 5.74) is 1.39. The fraction of sp³-hybridized carbons (Fsp3) is 0.182. The summed E-state index contributed by atoms with van der Waals surface area (Å²) in [4.78, 5) is 10.5. The molecule has 1 aromatic carbocycles. The molecule has 2 rings (SSSR count). The first kappa shape index (κ1) is 14.2. The van der Waals surface area contributed by atoms with Gasteiger partial charge in [0.15, 0.2) is 0 Å². The van der Waals surface area contributed by atoms with Gasteiger partial charge in [-0.2, -0.15) is 8.42 Å². The highest BCUT2D eigenvalue weighted by molar-refractivity contribution is 7.85. The van der Waals surface area contributed by atoms with Crippen LogP contribution in [0.25, 0.3) is 11.0 Å². The molecule has 1 aromatic heterocycles. The highest BCUT2D eigenvalue weighted by Crippen LogP contribution is 2.19. The van der Waals surface area contributed by atoms with Crippen molar-refractivity contribution >= 4 is 27.1 Å². The van der Waals surface area contributed by atoms with Gasteiger partial charge in [0.25, 0.3) is 10.1 Å². The normalized spacial score (nSPS) is 10.8. The van der Waals surface area contributed by atoms with Crippen molar-refractivity contribution in [3.8, 4) is 0 Å². The number of para-hydroxylation sites is 1. The van der Waals surface area contributed by atoms with Crippen LogP contribution in [0.5, 0.6) is 0 Å². The van der Waals surface area contributed by atoms with Gasteiger partial charge in [0, 0.05) is 10.9 Å². The van der Waals surface area contributed by atoms with Gasteiger partial charge in [0.05, 0.1) is 18.9 Å². The summed E-state index contributed by atoms with van der Waals surface area (Å²) in [7, 11) is -3.67. The third-order valence-corrected chi connectivity index (χ3v) is 1.90. The van der Waals surface area contributed by atoms with Gasteiger partial charge < -0.3 is 9.52 Å². The minimum Gasteiger partial charge on any atom is -0.481 e. The zero-order valence-electron chi connectivity index (χ0n) is 9.53. The summed E-state index contributed by atoms with van der Waals surface area (Å²) in [6.45, 7) is 0. The highest BCUT2D eigenvalue weighted by Gasteiger charge is 2.06. The number of fused-ring (bicyclic) bond motifs is 1. The van der Waals surface area contributed by atoms with Crippen LogP contribution in [-0.2, 0) is 21.3 Å². The Kier molecular flexibility index (Phi) is 4.46. The van der Waals surface area contributed by atoms with Gasteiger partial charge in [0.2, 0.25) is 0 Å². The van der Waals surface area contributed by atoms with Crippen molar-refractivity contribution in [3.05, 3.63) is 36.1 Å². The molecule has 0 atom stereocenters. The van der Waals surface area contributed by atoms with Crippen molar-refractivity contribution in [2.24, 2.45) is 0 Å². The fourth-order valence-corrected chi connectivity index (χ4v) is 1.36. The lowest BCUT2D eigenvalue weighted by Crippen LogP contribution is -1.99. The Morgan fingerprint density at radius 2 is 1.94 bits per heavy atom. The molecule has 0 aliphatic rings. The monoisotopic (exact) mass is 272 g/mol. The maximum atomic E-state index is 10.5. The van der Waals surface area contributed by atoms with Gasteiger partial charge in [-0.1, -0.05) is 18.2 Å². The quantitative estimate of drug-likeness (QED) is 0.804. The van der Waals surface area contributed by atoms with E-state index in [0.717, 1.165) is 10.9 Å². The average molecular weight is 272 g/mol. The van der Waals surface area contributed by atoms with Crippen molar-refractivity contribution < 1.29 is 27.3 Å². The van der Waals surface area contributed by atoms with E-state index in [9.17, 15) is 13.2 Å². The molecular weight excluding hydrogens is 260 g/mol. The summed E-state index contributed by atoms with van der Waals surface area (Å²) < 4.78 is 31.1. The lowest BCUT2D eigenvalue weighted by Gasteiger charge is -1.96. The number of carbonyl (C=O) groups is 1. The lowest BCUT2D eigenvalue weighted by atomic mass is 10.1. The molecule has 0 amide bonds. The molecule has 0 radical (unpaired) electrons. The predicted octanol–water partition coefficient (Wildman–Crippen LogP) is 1.56. The van der Waals surface area contributed by atoms with Crippen molar-refractivity contribution in [3.63, 3.8) is 0 Å². The van der Waals surface area contributed by atoms with Gasteiger partial charge >= 0.3 is 5.97 Å². The Morgan fingerprint density at radius 1 is 1.33 bits per heavy atom. The molecule has 0 unspecified atom stereocenters. The largest absolute Gasteiger partial charge is 0.481 e. The van der Waals surface area contributed by atoms with Crippen molar-refractivity contribution in [1.29, 1.82) is 0 Å². The van der Waals surface area contributed by atoms with E-state index in [1.807, 2.05) is 18.2 Å². The smallest absolute Gasteiger partial charge is 0.307 e. The molecule has 2 N–H and O–H groups in total. The number of rotatable bonds is 2. The molecule has 1 heterocycles. The second-order valence-electron chi connectivity index (χ2n) is 3.56. The molecule has 0 aliphatic carbocycles. The standard InChI is InChI=1S/C10H8O3.CH4O3S/c11-9(12)6-8-3-1-2-7-4-5-13-10(7)8;1-5(2,3)4/h1-5H,6H2,(H,11,12);1H3,(H,2,3,4). The van der Waals surface area contributed by atoms with Crippen LogP contribution < -0.4 is 0 Å². The minimum absolute atomic E-state index is 0.00481. The summed E-state index contributed by atoms with van der Waals surface area (Å²) >= 11 is 0. The molecule has 2 aromatic rings. The molecule has 0 saturated heterocycles. The Morgan fingerprint density at radius 3 is 2.50 bits per heavy atom. The average Bonchev–Trinajstić information content (AvgIpc) is 2.62. The number of carboxylic acid groups (broad SMARTS) is 1. The molecule has 0 spiro atoms. The van der Waals surface area contributed by atoms with Gasteiger partial charge in [-0.05, 0) is 6.07 Å². The number of carboxylic acids is 1. The number of hydrogen-bond acceptors (Lipinski definition) is 4. The molecule has 0 fully saturated rings. The van der Waals surface area contributed by atoms with Crippen molar-refractivity contribution in [2.75, 3.05) is 6.26 Å². The van der Waals surface area contributed by atoms with Gasteiger partial charge in [-0.15, -0.1) is 0 Å². The van der Waals surface area contributed by atoms with E-state index in [2.05, 4.69) is 0 Å².